The van der Waals surface area contributed by atoms with Gasteiger partial charge in [-0.3, -0.25) is 24.7 Å². The fraction of sp³-hybridized carbons (Fsp3) is 0.324. The number of rotatable bonds is 12. The number of hydroxylamine groups is 1. The number of ether oxygens (including phenoxy) is 1. The van der Waals surface area contributed by atoms with Crippen LogP contribution in [0, 0.1) is 11.2 Å². The number of thioether (sulfide) groups is 1. The normalized spacial score (nSPS) is 19.1. The number of halogens is 2. The Hall–Kier alpha value is -5.08. The first-order chi connectivity index (χ1) is 26.0. The highest BCUT2D eigenvalue weighted by atomic mass is 35.5. The number of fused-ring (bicyclic) bond motifs is 2. The van der Waals surface area contributed by atoms with Crippen molar-refractivity contribution in [1.29, 1.82) is 5.41 Å². The highest BCUT2D eigenvalue weighted by Gasteiger charge is 2.53. The van der Waals surface area contributed by atoms with Crippen molar-refractivity contribution in [1.82, 2.24) is 25.2 Å². The molecule has 3 aliphatic rings. The van der Waals surface area contributed by atoms with Gasteiger partial charge in [0.15, 0.2) is 29.8 Å². The van der Waals surface area contributed by atoms with Crippen LogP contribution < -0.4 is 26.2 Å². The van der Waals surface area contributed by atoms with E-state index < -0.39 is 35.0 Å². The molecule has 2 fully saturated rings. The Labute approximate surface area is 320 Å². The maximum absolute atomic E-state index is 15.3. The SMILES string of the molecule is CON=C(C(=O)N[C@@H]1C(=O)N2C(C(=O)[O-])=C(C[n+]3ccc4ccn(Cc5ccc(C(=N)NOC6CCOCC6)cc5F)c4c3)CS[C@H]12)c1nc(N)sc1Cl. The van der Waals surface area contributed by atoms with Crippen LogP contribution in [0.2, 0.25) is 4.34 Å². The number of nitrogen functional groups attached to an aromatic ring is 1. The minimum absolute atomic E-state index is 0.0132. The summed E-state index contributed by atoms with van der Waals surface area (Å²) in [5, 5.41) is 27.3. The van der Waals surface area contributed by atoms with Crippen molar-refractivity contribution in [2.75, 3.05) is 31.8 Å². The second-order valence-electron chi connectivity index (χ2n) is 12.5. The highest BCUT2D eigenvalue weighted by molar-refractivity contribution is 8.00. The number of hydrogen-bond donors (Lipinski definition) is 4. The van der Waals surface area contributed by atoms with Gasteiger partial charge in [0, 0.05) is 53.3 Å². The number of nitrogens with one attached hydrogen (secondary N) is 3. The van der Waals surface area contributed by atoms with Crippen LogP contribution in [-0.4, -0.2) is 87.4 Å². The molecular weight excluding hydrogens is 765 g/mol. The van der Waals surface area contributed by atoms with Gasteiger partial charge in [0.25, 0.3) is 11.8 Å². The lowest BCUT2D eigenvalue weighted by Gasteiger charge is -2.50. The van der Waals surface area contributed by atoms with E-state index >= 15 is 4.39 Å². The van der Waals surface area contributed by atoms with Crippen LogP contribution in [0.4, 0.5) is 9.52 Å². The van der Waals surface area contributed by atoms with E-state index in [0.29, 0.717) is 42.8 Å². The molecule has 0 saturated carbocycles. The summed E-state index contributed by atoms with van der Waals surface area (Å²) in [5.41, 5.74) is 9.70. The fourth-order valence-electron chi connectivity index (χ4n) is 6.38. The smallest absolute Gasteiger partial charge is 0.276 e. The molecule has 4 aromatic rings. The first-order valence-electron chi connectivity index (χ1n) is 16.6. The molecule has 2 amide bonds. The number of benzene rings is 1. The number of carbonyl (C=O) groups excluding carboxylic acids is 3. The minimum Gasteiger partial charge on any atom is -0.543 e. The Balaban J connectivity index is 1.04. The Kier molecular flexibility index (Phi) is 10.8. The molecule has 5 N–H and O–H groups in total. The van der Waals surface area contributed by atoms with Crippen molar-refractivity contribution in [2.45, 2.75) is 43.5 Å². The number of aliphatic carboxylic acids is 1. The number of nitrogens with two attached hydrogens (primary N) is 1. The molecule has 2 saturated heterocycles. The lowest BCUT2D eigenvalue weighted by molar-refractivity contribution is -0.687. The fourth-order valence-corrected chi connectivity index (χ4v) is 8.65. The van der Waals surface area contributed by atoms with Gasteiger partial charge in [-0.15, -0.1) is 11.8 Å². The van der Waals surface area contributed by atoms with Crippen LogP contribution in [-0.2, 0) is 41.9 Å². The summed E-state index contributed by atoms with van der Waals surface area (Å²) in [7, 11) is 1.23. The molecule has 0 aliphatic carbocycles. The standard InChI is InChI=1S/C34H33ClFN9O7S2/c1-50-41-25(24-28(35)54-34(38)40-24)30(46)39-26-31(47)45-27(33(48)49)20(16-53-32(26)45)13-43-8-4-17-5-9-44(23(17)15-43)14-19-3-2-18(12-22(19)36)29(37)42-52-21-6-10-51-11-7-21/h2-5,8-9,12,15,21,26,32H,6-7,10-11,13-14,16H2,1H3,(H5-,37,38,39,40,42,46,48,49)/t26-,32-/m1/s1. The van der Waals surface area contributed by atoms with Gasteiger partial charge in [-0.05, 0) is 25.0 Å². The second kappa shape index (κ2) is 15.7. The number of carboxylic acid groups (broad SMARTS) is 1. The highest BCUT2D eigenvalue weighted by Crippen LogP contribution is 2.40. The van der Waals surface area contributed by atoms with E-state index in [-0.39, 0.29) is 57.4 Å². The van der Waals surface area contributed by atoms with E-state index in [0.717, 1.165) is 27.1 Å². The van der Waals surface area contributed by atoms with Gasteiger partial charge >= 0.3 is 0 Å². The second-order valence-corrected chi connectivity index (χ2v) is 15.2. The zero-order chi connectivity index (χ0) is 38.1. The Morgan fingerprint density at radius 3 is 2.78 bits per heavy atom. The van der Waals surface area contributed by atoms with Gasteiger partial charge < -0.3 is 35.1 Å². The molecule has 20 heteroatoms. The molecule has 0 unspecified atom stereocenters. The largest absolute Gasteiger partial charge is 0.543 e. The molecular formula is C34H33ClFN9O7S2. The summed E-state index contributed by atoms with van der Waals surface area (Å²) in [4.78, 5) is 54.5. The maximum atomic E-state index is 15.3. The van der Waals surface area contributed by atoms with Gasteiger partial charge in [0.2, 0.25) is 0 Å². The Morgan fingerprint density at radius 2 is 2.07 bits per heavy atom. The van der Waals surface area contributed by atoms with Crippen molar-refractivity contribution in [3.63, 3.8) is 0 Å². The van der Waals surface area contributed by atoms with Crippen molar-refractivity contribution < 1.29 is 42.9 Å². The summed E-state index contributed by atoms with van der Waals surface area (Å²) in [5.74, 6) is -3.28. The van der Waals surface area contributed by atoms with Crippen molar-refractivity contribution >= 4 is 80.1 Å². The molecule has 6 heterocycles. The third-order valence-electron chi connectivity index (χ3n) is 9.08. The topological polar surface area (TPSA) is 213 Å². The summed E-state index contributed by atoms with van der Waals surface area (Å²) in [6.07, 6.45) is 6.77. The molecule has 7 rings (SSSR count). The molecule has 0 radical (unpaired) electrons. The average molecular weight is 798 g/mol. The van der Waals surface area contributed by atoms with Gasteiger partial charge in [-0.25, -0.2) is 14.9 Å². The van der Waals surface area contributed by atoms with Crippen molar-refractivity contribution in [3.05, 3.63) is 87.2 Å². The van der Waals surface area contributed by atoms with Crippen LogP contribution in [0.1, 0.15) is 29.7 Å². The van der Waals surface area contributed by atoms with E-state index in [1.165, 1.54) is 24.9 Å². The number of oxime groups is 1. The zero-order valence-electron chi connectivity index (χ0n) is 28.5. The Morgan fingerprint density at radius 1 is 1.28 bits per heavy atom. The minimum atomic E-state index is -1.53. The third-order valence-corrected chi connectivity index (χ3v) is 11.5. The molecule has 16 nitrogen and oxygen atoms in total. The predicted molar refractivity (Wildman–Crippen MR) is 195 cm³/mol. The number of amidine groups is 1. The molecule has 282 valence electrons. The molecule has 2 atom stereocenters. The number of β-lactam (4-membered cyclic amide) rings is 1. The number of pyridine rings is 1. The molecule has 0 bridgehead atoms. The molecule has 1 aromatic carbocycles. The number of anilines is 1. The molecule has 0 spiro atoms. The van der Waals surface area contributed by atoms with Crippen LogP contribution >= 0.6 is 34.7 Å². The van der Waals surface area contributed by atoms with Crippen LogP contribution in [0.15, 0.2) is 65.3 Å². The molecule has 54 heavy (non-hydrogen) atoms. The maximum Gasteiger partial charge on any atom is 0.276 e. The number of carboxylic acids is 1. The summed E-state index contributed by atoms with van der Waals surface area (Å²) < 4.78 is 24.4. The van der Waals surface area contributed by atoms with Crippen LogP contribution in [0.25, 0.3) is 10.9 Å². The number of carbonyl (C=O) groups is 3. The summed E-state index contributed by atoms with van der Waals surface area (Å²) >= 11 is 8.39. The van der Waals surface area contributed by atoms with Gasteiger partial charge in [-0.1, -0.05) is 40.2 Å². The van der Waals surface area contributed by atoms with E-state index in [2.05, 4.69) is 20.9 Å². The van der Waals surface area contributed by atoms with Crippen molar-refractivity contribution in [3.8, 4) is 0 Å². The number of thiazole rings is 1. The van der Waals surface area contributed by atoms with Crippen LogP contribution in [0.3, 0.4) is 0 Å². The van der Waals surface area contributed by atoms with E-state index in [1.54, 1.807) is 22.9 Å². The quantitative estimate of drug-likeness (QED) is 0.0527. The number of aromatic nitrogens is 3. The van der Waals surface area contributed by atoms with E-state index in [9.17, 15) is 19.5 Å². The van der Waals surface area contributed by atoms with Gasteiger partial charge in [0.05, 0.1) is 24.3 Å². The lowest BCUT2D eigenvalue weighted by atomic mass is 10.0. The van der Waals surface area contributed by atoms with Gasteiger partial charge in [-0.2, -0.15) is 4.57 Å². The average Bonchev–Trinajstić information content (AvgIpc) is 3.72. The first-order valence-corrected chi connectivity index (χ1v) is 18.8. The van der Waals surface area contributed by atoms with E-state index in [1.807, 2.05) is 29.1 Å². The van der Waals surface area contributed by atoms with Crippen molar-refractivity contribution in [2.24, 2.45) is 5.16 Å². The number of amides is 2. The summed E-state index contributed by atoms with van der Waals surface area (Å²) in [6.45, 7) is 1.49. The third kappa shape index (κ3) is 7.49. The number of hydrogen-bond acceptors (Lipinski definition) is 13. The number of nitrogens with zero attached hydrogens (tertiary/aromatic N) is 5. The lowest BCUT2D eigenvalue weighted by Crippen LogP contribution is -2.71. The monoisotopic (exact) mass is 797 g/mol. The zero-order valence-corrected chi connectivity index (χ0v) is 30.9. The molecule has 3 aromatic heterocycles. The Bertz CT molecular complexity index is 2220. The van der Waals surface area contributed by atoms with Gasteiger partial charge in [0.1, 0.15) is 45.7 Å². The molecule has 3 aliphatic heterocycles. The van der Waals surface area contributed by atoms with Crippen LogP contribution in [0.5, 0.6) is 0 Å². The predicted octanol–water partition coefficient (Wildman–Crippen LogP) is 1.29. The first kappa shape index (κ1) is 37.2. The summed E-state index contributed by atoms with van der Waals surface area (Å²) in [6, 6.07) is 7.25. The van der Waals surface area contributed by atoms with E-state index in [4.69, 9.17) is 37.2 Å².